The molecular formula is C15H11IN2O2. The van der Waals surface area contributed by atoms with Crippen LogP contribution in [-0.2, 0) is 0 Å². The van der Waals surface area contributed by atoms with Crippen molar-refractivity contribution in [2.45, 2.75) is 0 Å². The summed E-state index contributed by atoms with van der Waals surface area (Å²) in [5, 5.41) is 8.19. The maximum absolute atomic E-state index is 11.8. The summed E-state index contributed by atoms with van der Waals surface area (Å²) in [6.07, 6.45) is 0. The van der Waals surface area contributed by atoms with Gasteiger partial charge in [0.05, 0.1) is 12.5 Å². The lowest BCUT2D eigenvalue weighted by Gasteiger charge is -2.10. The third-order valence-electron chi connectivity index (χ3n) is 3.11. The zero-order valence-corrected chi connectivity index (χ0v) is 12.8. The molecule has 0 atom stereocenters. The minimum Gasteiger partial charge on any atom is -0.496 e. The lowest BCUT2D eigenvalue weighted by Crippen LogP contribution is -2.09. The normalized spacial score (nSPS) is 10.7. The van der Waals surface area contributed by atoms with Gasteiger partial charge in [0, 0.05) is 14.5 Å². The van der Waals surface area contributed by atoms with Crippen molar-refractivity contribution in [1.29, 1.82) is 0 Å². The van der Waals surface area contributed by atoms with E-state index in [0.29, 0.717) is 5.39 Å². The van der Waals surface area contributed by atoms with E-state index in [1.165, 1.54) is 0 Å². The van der Waals surface area contributed by atoms with Crippen molar-refractivity contribution >= 4 is 33.4 Å². The molecule has 0 aliphatic rings. The highest BCUT2D eigenvalue weighted by atomic mass is 127. The van der Waals surface area contributed by atoms with E-state index in [1.807, 2.05) is 36.4 Å². The van der Waals surface area contributed by atoms with Gasteiger partial charge in [-0.15, -0.1) is 0 Å². The second-order valence-corrected chi connectivity index (χ2v) is 5.54. The summed E-state index contributed by atoms with van der Waals surface area (Å²) in [7, 11) is 1.62. The molecule has 20 heavy (non-hydrogen) atoms. The first-order valence-electron chi connectivity index (χ1n) is 6.02. The van der Waals surface area contributed by atoms with Crippen LogP contribution in [0.15, 0.2) is 47.3 Å². The minimum absolute atomic E-state index is 0.186. The Morgan fingerprint density at radius 1 is 1.15 bits per heavy atom. The van der Waals surface area contributed by atoms with Gasteiger partial charge in [-0.1, -0.05) is 18.2 Å². The lowest BCUT2D eigenvalue weighted by atomic mass is 10.0. The molecule has 100 valence electrons. The van der Waals surface area contributed by atoms with Crippen LogP contribution in [0.3, 0.4) is 0 Å². The molecule has 2 aromatic carbocycles. The van der Waals surface area contributed by atoms with Crippen molar-refractivity contribution in [3.63, 3.8) is 0 Å². The van der Waals surface area contributed by atoms with Crippen LogP contribution in [0, 0.1) is 3.57 Å². The van der Waals surface area contributed by atoms with Gasteiger partial charge in [0.25, 0.3) is 5.56 Å². The number of hydrogen-bond donors (Lipinski definition) is 1. The molecule has 4 nitrogen and oxygen atoms in total. The molecule has 0 bridgehead atoms. The van der Waals surface area contributed by atoms with Crippen LogP contribution < -0.4 is 10.3 Å². The second kappa shape index (κ2) is 5.24. The molecule has 0 amide bonds. The number of rotatable bonds is 2. The summed E-state index contributed by atoms with van der Waals surface area (Å²) in [4.78, 5) is 11.8. The van der Waals surface area contributed by atoms with Crippen LogP contribution in [-0.4, -0.2) is 17.3 Å². The summed E-state index contributed by atoms with van der Waals surface area (Å²) in [5.41, 5.74) is 1.40. The van der Waals surface area contributed by atoms with Gasteiger partial charge >= 0.3 is 0 Å². The highest BCUT2D eigenvalue weighted by molar-refractivity contribution is 14.1. The first-order chi connectivity index (χ1) is 9.70. The Labute approximate surface area is 128 Å². The first-order valence-corrected chi connectivity index (χ1v) is 7.10. The zero-order valence-electron chi connectivity index (χ0n) is 10.7. The van der Waals surface area contributed by atoms with Crippen molar-refractivity contribution in [2.75, 3.05) is 7.11 Å². The number of H-pyrrole nitrogens is 1. The Bertz CT molecular complexity index is 843. The SMILES string of the molecule is COc1ccc(I)cc1-c1n[nH]c(=O)c2ccccc12. The van der Waals surface area contributed by atoms with Gasteiger partial charge in [-0.3, -0.25) is 4.79 Å². The molecule has 0 saturated carbocycles. The minimum atomic E-state index is -0.186. The van der Waals surface area contributed by atoms with Crippen molar-refractivity contribution in [3.05, 3.63) is 56.4 Å². The molecule has 1 N–H and O–H groups in total. The van der Waals surface area contributed by atoms with Crippen LogP contribution in [0.1, 0.15) is 0 Å². The molecule has 5 heteroatoms. The number of nitrogens with one attached hydrogen (secondary N) is 1. The predicted octanol–water partition coefficient (Wildman–Crippen LogP) is 3.20. The average molecular weight is 378 g/mol. The zero-order chi connectivity index (χ0) is 14.1. The molecule has 0 aliphatic heterocycles. The quantitative estimate of drug-likeness (QED) is 0.697. The summed E-state index contributed by atoms with van der Waals surface area (Å²) in [5.74, 6) is 0.732. The summed E-state index contributed by atoms with van der Waals surface area (Å²) >= 11 is 2.24. The van der Waals surface area contributed by atoms with Crippen LogP contribution in [0.4, 0.5) is 0 Å². The molecule has 0 spiro atoms. The van der Waals surface area contributed by atoms with E-state index in [-0.39, 0.29) is 5.56 Å². The smallest absolute Gasteiger partial charge is 0.272 e. The van der Waals surface area contributed by atoms with Crippen LogP contribution >= 0.6 is 22.6 Å². The van der Waals surface area contributed by atoms with E-state index < -0.39 is 0 Å². The Kier molecular flexibility index (Phi) is 3.43. The van der Waals surface area contributed by atoms with E-state index in [2.05, 4.69) is 32.8 Å². The molecule has 1 aromatic heterocycles. The van der Waals surface area contributed by atoms with Crippen LogP contribution in [0.25, 0.3) is 22.0 Å². The summed E-state index contributed by atoms with van der Waals surface area (Å²) in [6, 6.07) is 13.3. The Hall–Kier alpha value is -1.89. The molecule has 3 aromatic rings. The van der Waals surface area contributed by atoms with Gasteiger partial charge in [-0.05, 0) is 46.9 Å². The second-order valence-electron chi connectivity index (χ2n) is 4.29. The largest absolute Gasteiger partial charge is 0.496 e. The van der Waals surface area contributed by atoms with E-state index in [9.17, 15) is 4.79 Å². The highest BCUT2D eigenvalue weighted by Gasteiger charge is 2.13. The van der Waals surface area contributed by atoms with Gasteiger partial charge in [0.2, 0.25) is 0 Å². The number of ether oxygens (including phenoxy) is 1. The number of nitrogens with zero attached hydrogens (tertiary/aromatic N) is 1. The molecule has 0 unspecified atom stereocenters. The molecular weight excluding hydrogens is 367 g/mol. The van der Waals surface area contributed by atoms with Crippen molar-refractivity contribution < 1.29 is 4.74 Å². The molecule has 0 fully saturated rings. The van der Waals surface area contributed by atoms with Gasteiger partial charge in [-0.25, -0.2) is 5.10 Å². The third kappa shape index (κ3) is 2.18. The molecule has 0 saturated heterocycles. The van der Waals surface area contributed by atoms with Gasteiger partial charge in [0.1, 0.15) is 11.4 Å². The van der Waals surface area contributed by atoms with Gasteiger partial charge in [-0.2, -0.15) is 5.10 Å². The van der Waals surface area contributed by atoms with Crippen molar-refractivity contribution in [1.82, 2.24) is 10.2 Å². The fraction of sp³-hybridized carbons (Fsp3) is 0.0667. The lowest BCUT2D eigenvalue weighted by molar-refractivity contribution is 0.416. The molecule has 0 radical (unpaired) electrons. The van der Waals surface area contributed by atoms with Gasteiger partial charge < -0.3 is 4.74 Å². The number of hydrogen-bond acceptors (Lipinski definition) is 3. The maximum atomic E-state index is 11.8. The number of fused-ring (bicyclic) bond motifs is 1. The molecule has 1 heterocycles. The van der Waals surface area contributed by atoms with E-state index in [0.717, 1.165) is 26.0 Å². The number of halogens is 1. The fourth-order valence-electron chi connectivity index (χ4n) is 2.19. The van der Waals surface area contributed by atoms with E-state index >= 15 is 0 Å². The molecule has 0 aliphatic carbocycles. The fourth-order valence-corrected chi connectivity index (χ4v) is 2.68. The van der Waals surface area contributed by atoms with Crippen LogP contribution in [0.5, 0.6) is 5.75 Å². The van der Waals surface area contributed by atoms with Crippen LogP contribution in [0.2, 0.25) is 0 Å². The monoisotopic (exact) mass is 378 g/mol. The number of methoxy groups -OCH3 is 1. The number of benzene rings is 2. The number of aromatic amines is 1. The Morgan fingerprint density at radius 3 is 2.65 bits per heavy atom. The Balaban J connectivity index is 2.39. The predicted molar refractivity (Wildman–Crippen MR) is 87.1 cm³/mol. The third-order valence-corrected chi connectivity index (χ3v) is 3.78. The van der Waals surface area contributed by atoms with Crippen molar-refractivity contribution in [2.24, 2.45) is 0 Å². The molecule has 3 rings (SSSR count). The number of aromatic nitrogens is 2. The standard InChI is InChI=1S/C15H11IN2O2/c1-20-13-7-6-9(16)8-12(13)14-10-4-2-3-5-11(10)15(19)18-17-14/h2-8H,1H3,(H,18,19). The van der Waals surface area contributed by atoms with E-state index in [4.69, 9.17) is 4.74 Å². The van der Waals surface area contributed by atoms with Gasteiger partial charge in [0.15, 0.2) is 0 Å². The Morgan fingerprint density at radius 2 is 1.90 bits per heavy atom. The summed E-state index contributed by atoms with van der Waals surface area (Å²) in [6.45, 7) is 0. The maximum Gasteiger partial charge on any atom is 0.272 e. The van der Waals surface area contributed by atoms with Crippen molar-refractivity contribution in [3.8, 4) is 17.0 Å². The summed E-state index contributed by atoms with van der Waals surface area (Å²) < 4.78 is 6.48. The topological polar surface area (TPSA) is 55.0 Å². The first kappa shape index (κ1) is 13.1. The van der Waals surface area contributed by atoms with E-state index in [1.54, 1.807) is 13.2 Å². The highest BCUT2D eigenvalue weighted by Crippen LogP contribution is 2.33. The average Bonchev–Trinajstić information content (AvgIpc) is 2.48.